The largest absolute Gasteiger partial charge is 0.369 e. The molecule has 3 aromatic rings. The third-order valence-corrected chi connectivity index (χ3v) is 7.31. The van der Waals surface area contributed by atoms with E-state index in [0.29, 0.717) is 10.6 Å². The Morgan fingerprint density at radius 2 is 1.97 bits per heavy atom. The fourth-order valence-electron chi connectivity index (χ4n) is 4.56. The number of aromatic nitrogens is 1. The van der Waals surface area contributed by atoms with Crippen molar-refractivity contribution in [2.75, 3.05) is 43.0 Å². The highest BCUT2D eigenvalue weighted by molar-refractivity contribution is 7.16. The van der Waals surface area contributed by atoms with Crippen LogP contribution in [0.15, 0.2) is 42.5 Å². The van der Waals surface area contributed by atoms with Crippen LogP contribution in [0.2, 0.25) is 0 Å². The average molecular weight is 434 g/mol. The van der Waals surface area contributed by atoms with Crippen LogP contribution < -0.4 is 15.1 Å². The van der Waals surface area contributed by atoms with E-state index in [1.165, 1.54) is 40.3 Å². The van der Waals surface area contributed by atoms with Crippen LogP contribution in [0.5, 0.6) is 0 Å². The topological polar surface area (TPSA) is 55.2 Å². The summed E-state index contributed by atoms with van der Waals surface area (Å²) in [5.74, 6) is -0.294. The SMILES string of the molecule is CN(c1nc(-c2ccc(F)cc2)c(C#N)s1)C1CCc2ccc(N3CCNCC3)cc21. The fourth-order valence-corrected chi connectivity index (χ4v) is 5.46. The number of nitrogens with one attached hydrogen (secondary N) is 1. The molecule has 0 amide bonds. The number of aryl methyl sites for hydroxylation is 1. The molecule has 1 unspecified atom stereocenters. The van der Waals surface area contributed by atoms with Gasteiger partial charge in [0.15, 0.2) is 5.13 Å². The number of fused-ring (bicyclic) bond motifs is 1. The Hall–Kier alpha value is -2.95. The number of benzene rings is 2. The summed E-state index contributed by atoms with van der Waals surface area (Å²) < 4.78 is 13.3. The third-order valence-electron chi connectivity index (χ3n) is 6.26. The highest BCUT2D eigenvalue weighted by Crippen LogP contribution is 2.42. The molecule has 0 radical (unpaired) electrons. The van der Waals surface area contributed by atoms with Crippen LogP contribution in [0.4, 0.5) is 15.2 Å². The van der Waals surface area contributed by atoms with Crippen molar-refractivity contribution in [3.8, 4) is 17.3 Å². The first kappa shape index (κ1) is 20.0. The summed E-state index contributed by atoms with van der Waals surface area (Å²) in [6.45, 7) is 4.09. The van der Waals surface area contributed by atoms with Gasteiger partial charge in [0.1, 0.15) is 22.5 Å². The predicted molar refractivity (Wildman–Crippen MR) is 123 cm³/mol. The Labute approximate surface area is 185 Å². The second-order valence-electron chi connectivity index (χ2n) is 8.08. The van der Waals surface area contributed by atoms with E-state index in [4.69, 9.17) is 4.98 Å². The highest BCUT2D eigenvalue weighted by atomic mass is 32.1. The Bertz CT molecular complexity index is 1130. The minimum absolute atomic E-state index is 0.233. The smallest absolute Gasteiger partial charge is 0.187 e. The summed E-state index contributed by atoms with van der Waals surface area (Å²) in [5, 5.41) is 13.9. The molecule has 1 atom stereocenters. The minimum Gasteiger partial charge on any atom is -0.369 e. The van der Waals surface area contributed by atoms with Crippen molar-refractivity contribution >= 4 is 22.2 Å². The van der Waals surface area contributed by atoms with Gasteiger partial charge in [0.25, 0.3) is 0 Å². The number of anilines is 2. The third kappa shape index (κ3) is 3.78. The van der Waals surface area contributed by atoms with Gasteiger partial charge >= 0.3 is 0 Å². The monoisotopic (exact) mass is 433 g/mol. The summed E-state index contributed by atoms with van der Waals surface area (Å²) in [5.41, 5.74) is 5.43. The van der Waals surface area contributed by atoms with Crippen LogP contribution in [0.1, 0.15) is 28.5 Å². The zero-order valence-corrected chi connectivity index (χ0v) is 18.3. The van der Waals surface area contributed by atoms with E-state index in [1.54, 1.807) is 12.1 Å². The maximum atomic E-state index is 13.3. The molecular weight excluding hydrogens is 409 g/mol. The number of nitriles is 1. The number of piperazine rings is 1. The van der Waals surface area contributed by atoms with Crippen molar-refractivity contribution in [3.63, 3.8) is 0 Å². The number of halogens is 1. The molecule has 158 valence electrons. The molecule has 1 aromatic heterocycles. The van der Waals surface area contributed by atoms with Gasteiger partial charge in [0.2, 0.25) is 0 Å². The van der Waals surface area contributed by atoms with Crippen LogP contribution in [0, 0.1) is 17.1 Å². The second-order valence-corrected chi connectivity index (χ2v) is 9.06. The number of rotatable bonds is 4. The molecule has 1 aliphatic heterocycles. The molecule has 5 nitrogen and oxygen atoms in total. The zero-order valence-electron chi connectivity index (χ0n) is 17.4. The molecule has 2 heterocycles. The van der Waals surface area contributed by atoms with Crippen molar-refractivity contribution in [2.24, 2.45) is 0 Å². The zero-order chi connectivity index (χ0) is 21.4. The van der Waals surface area contributed by atoms with Crippen LogP contribution in [-0.4, -0.2) is 38.2 Å². The van der Waals surface area contributed by atoms with Crippen molar-refractivity contribution in [1.29, 1.82) is 5.26 Å². The maximum Gasteiger partial charge on any atom is 0.187 e. The first-order valence-electron chi connectivity index (χ1n) is 10.6. The standard InChI is InChI=1S/C24H24FN5S/c1-29(24-28-23(22(15-26)31-24)17-2-6-18(25)7-3-17)21-9-5-16-4-8-19(14-20(16)21)30-12-10-27-11-13-30/h2-4,6-8,14,21,27H,5,9-13H2,1H3. The van der Waals surface area contributed by atoms with E-state index in [2.05, 4.69) is 46.4 Å². The van der Waals surface area contributed by atoms with Gasteiger partial charge in [-0.05, 0) is 60.4 Å². The Balaban J connectivity index is 1.45. The average Bonchev–Trinajstić information content (AvgIpc) is 3.44. The van der Waals surface area contributed by atoms with E-state index in [9.17, 15) is 9.65 Å². The number of thiazole rings is 1. The summed E-state index contributed by atoms with van der Waals surface area (Å²) >= 11 is 1.40. The van der Waals surface area contributed by atoms with E-state index < -0.39 is 0 Å². The lowest BCUT2D eigenvalue weighted by molar-refractivity contribution is 0.588. The number of nitrogens with zero attached hydrogens (tertiary/aromatic N) is 4. The van der Waals surface area contributed by atoms with E-state index in [1.807, 2.05) is 0 Å². The maximum absolute atomic E-state index is 13.3. The number of hydrogen-bond acceptors (Lipinski definition) is 6. The van der Waals surface area contributed by atoms with Crippen molar-refractivity contribution in [1.82, 2.24) is 10.3 Å². The van der Waals surface area contributed by atoms with Crippen LogP contribution in [0.25, 0.3) is 11.3 Å². The van der Waals surface area contributed by atoms with E-state index in [0.717, 1.165) is 49.7 Å². The molecule has 0 spiro atoms. The molecule has 2 aromatic carbocycles. The highest BCUT2D eigenvalue weighted by Gasteiger charge is 2.29. The lowest BCUT2D eigenvalue weighted by Gasteiger charge is -2.31. The van der Waals surface area contributed by atoms with Gasteiger partial charge in [-0.3, -0.25) is 0 Å². The first-order valence-corrected chi connectivity index (χ1v) is 11.4. The lowest BCUT2D eigenvalue weighted by atomic mass is 10.1. The second kappa shape index (κ2) is 8.29. The Morgan fingerprint density at radius 3 is 2.71 bits per heavy atom. The van der Waals surface area contributed by atoms with E-state index in [-0.39, 0.29) is 11.9 Å². The lowest BCUT2D eigenvalue weighted by Crippen LogP contribution is -2.43. The molecule has 1 fully saturated rings. The molecule has 0 bridgehead atoms. The van der Waals surface area contributed by atoms with Gasteiger partial charge in [0, 0.05) is 44.5 Å². The van der Waals surface area contributed by atoms with Crippen molar-refractivity contribution < 1.29 is 4.39 Å². The van der Waals surface area contributed by atoms with Gasteiger partial charge in [-0.2, -0.15) is 5.26 Å². The first-order chi connectivity index (χ1) is 15.1. The minimum atomic E-state index is -0.294. The molecule has 31 heavy (non-hydrogen) atoms. The molecule has 2 aliphatic rings. The molecule has 1 saturated heterocycles. The van der Waals surface area contributed by atoms with Crippen molar-refractivity contribution in [2.45, 2.75) is 18.9 Å². The van der Waals surface area contributed by atoms with Gasteiger partial charge in [-0.25, -0.2) is 9.37 Å². The summed E-state index contributed by atoms with van der Waals surface area (Å²) in [6.07, 6.45) is 2.08. The van der Waals surface area contributed by atoms with Crippen LogP contribution >= 0.6 is 11.3 Å². The quantitative estimate of drug-likeness (QED) is 0.663. The molecule has 5 rings (SSSR count). The molecule has 1 aliphatic carbocycles. The molecule has 0 saturated carbocycles. The fraction of sp³-hybridized carbons (Fsp3) is 0.333. The molecule has 1 N–H and O–H groups in total. The summed E-state index contributed by atoms with van der Waals surface area (Å²) in [4.78, 5) is 9.99. The van der Waals surface area contributed by atoms with E-state index >= 15 is 0 Å². The van der Waals surface area contributed by atoms with Crippen LogP contribution in [-0.2, 0) is 6.42 Å². The predicted octanol–water partition coefficient (Wildman–Crippen LogP) is 4.35. The normalized spacial score (nSPS) is 18.0. The van der Waals surface area contributed by atoms with Gasteiger partial charge < -0.3 is 15.1 Å². The van der Waals surface area contributed by atoms with Gasteiger partial charge in [-0.15, -0.1) is 0 Å². The molecular formula is C24H24FN5S. The Morgan fingerprint density at radius 1 is 1.19 bits per heavy atom. The van der Waals surface area contributed by atoms with Gasteiger partial charge in [-0.1, -0.05) is 17.4 Å². The molecule has 7 heteroatoms. The van der Waals surface area contributed by atoms with Crippen LogP contribution in [0.3, 0.4) is 0 Å². The number of hydrogen-bond donors (Lipinski definition) is 1. The van der Waals surface area contributed by atoms with Crippen molar-refractivity contribution in [3.05, 3.63) is 64.3 Å². The summed E-state index contributed by atoms with van der Waals surface area (Å²) in [6, 6.07) is 15.5. The summed E-state index contributed by atoms with van der Waals surface area (Å²) in [7, 11) is 2.06. The van der Waals surface area contributed by atoms with Gasteiger partial charge in [0.05, 0.1) is 6.04 Å². The Kier molecular flexibility index (Phi) is 5.34.